The highest BCUT2D eigenvalue weighted by molar-refractivity contribution is 7.98. The minimum absolute atomic E-state index is 0.0567. The molecule has 2 N–H and O–H groups in total. The highest BCUT2D eigenvalue weighted by atomic mass is 35.5. The van der Waals surface area contributed by atoms with Gasteiger partial charge in [-0.15, -0.1) is 0 Å². The molecule has 0 bridgehead atoms. The molecular formula is C14H15ClN2O3S. The molecule has 0 spiro atoms. The van der Waals surface area contributed by atoms with Crippen LogP contribution in [0, 0.1) is 0 Å². The third-order valence-corrected chi connectivity index (χ3v) is 3.95. The molecule has 0 fully saturated rings. The minimum atomic E-state index is -0.624. The normalized spacial score (nSPS) is 10.8. The summed E-state index contributed by atoms with van der Waals surface area (Å²) in [5.74, 6) is 0.532. The number of nitrogens with zero attached hydrogens (tertiary/aromatic N) is 1. The number of thioether (sulfide) groups is 1. The van der Waals surface area contributed by atoms with Crippen LogP contribution in [0.5, 0.6) is 5.88 Å². The first kappa shape index (κ1) is 15.7. The van der Waals surface area contributed by atoms with Crippen LogP contribution in [0.15, 0.2) is 33.9 Å². The Hall–Kier alpha value is -1.66. The zero-order chi connectivity index (χ0) is 15.4. The van der Waals surface area contributed by atoms with E-state index in [2.05, 4.69) is 4.98 Å². The zero-order valence-electron chi connectivity index (χ0n) is 11.4. The molecular weight excluding hydrogens is 312 g/mol. The van der Waals surface area contributed by atoms with Crippen molar-refractivity contribution in [2.75, 3.05) is 12.0 Å². The molecule has 7 heteroatoms. The largest absolute Gasteiger partial charge is 0.494 e. The van der Waals surface area contributed by atoms with Gasteiger partial charge < -0.3 is 5.11 Å². The van der Waals surface area contributed by atoms with Crippen molar-refractivity contribution in [1.29, 1.82) is 0 Å². The van der Waals surface area contributed by atoms with Crippen molar-refractivity contribution in [2.24, 2.45) is 0 Å². The zero-order valence-corrected chi connectivity index (χ0v) is 13.0. The summed E-state index contributed by atoms with van der Waals surface area (Å²) in [4.78, 5) is 26.0. The summed E-state index contributed by atoms with van der Waals surface area (Å²) < 4.78 is 1.17. The van der Waals surface area contributed by atoms with E-state index in [9.17, 15) is 14.7 Å². The molecule has 0 aliphatic rings. The van der Waals surface area contributed by atoms with E-state index in [4.69, 9.17) is 11.6 Å². The number of nitrogens with one attached hydrogen (secondary N) is 1. The van der Waals surface area contributed by atoms with E-state index in [1.54, 1.807) is 36.0 Å². The van der Waals surface area contributed by atoms with E-state index in [1.807, 2.05) is 6.26 Å². The molecule has 21 heavy (non-hydrogen) atoms. The first-order chi connectivity index (χ1) is 10.0. The number of hydrogen-bond acceptors (Lipinski definition) is 4. The van der Waals surface area contributed by atoms with Crippen LogP contribution in [0.4, 0.5) is 0 Å². The quantitative estimate of drug-likeness (QED) is 0.827. The number of rotatable bonds is 5. The van der Waals surface area contributed by atoms with Gasteiger partial charge >= 0.3 is 5.69 Å². The molecule has 0 saturated carbocycles. The van der Waals surface area contributed by atoms with E-state index < -0.39 is 11.2 Å². The molecule has 2 aromatic rings. The first-order valence-electron chi connectivity index (χ1n) is 6.35. The van der Waals surface area contributed by atoms with Gasteiger partial charge in [0.1, 0.15) is 5.56 Å². The van der Waals surface area contributed by atoms with Crippen molar-refractivity contribution in [3.05, 3.63) is 50.1 Å². The Labute approximate surface area is 130 Å². The van der Waals surface area contributed by atoms with E-state index in [-0.39, 0.29) is 11.4 Å². The molecule has 0 aliphatic heterocycles. The standard InChI is InChI=1S/C14H15ClN2O3S/c1-21-7-3-6-17-13(19)11(12(18)16-14(17)20)9-4-2-5-10(15)8-9/h2,4-5,8,19H,3,6-7H2,1H3,(H,16,18,20). The fourth-order valence-electron chi connectivity index (χ4n) is 2.04. The SMILES string of the molecule is CSCCCn1c(O)c(-c2cccc(Cl)c2)c(=O)[nH]c1=O. The number of benzene rings is 1. The molecule has 112 valence electrons. The van der Waals surface area contributed by atoms with Gasteiger partial charge in [-0.3, -0.25) is 14.3 Å². The van der Waals surface area contributed by atoms with Gasteiger partial charge in [0.05, 0.1) is 0 Å². The number of aromatic amines is 1. The second-order valence-electron chi connectivity index (χ2n) is 4.47. The lowest BCUT2D eigenvalue weighted by molar-refractivity contribution is 0.402. The van der Waals surface area contributed by atoms with E-state index in [0.29, 0.717) is 17.1 Å². The maximum Gasteiger partial charge on any atom is 0.331 e. The molecule has 0 aliphatic carbocycles. The van der Waals surface area contributed by atoms with Crippen molar-refractivity contribution in [1.82, 2.24) is 9.55 Å². The Kier molecular flexibility index (Phi) is 5.14. The summed E-state index contributed by atoms with van der Waals surface area (Å²) in [7, 11) is 0. The molecule has 0 saturated heterocycles. The third-order valence-electron chi connectivity index (χ3n) is 3.02. The van der Waals surface area contributed by atoms with Gasteiger partial charge in [-0.1, -0.05) is 23.7 Å². The van der Waals surface area contributed by atoms with Crippen LogP contribution in [-0.2, 0) is 6.54 Å². The van der Waals surface area contributed by atoms with Gasteiger partial charge in [-0.2, -0.15) is 11.8 Å². The second-order valence-corrected chi connectivity index (χ2v) is 5.89. The molecule has 1 aromatic carbocycles. The lowest BCUT2D eigenvalue weighted by Crippen LogP contribution is -2.31. The van der Waals surface area contributed by atoms with E-state index in [0.717, 1.165) is 12.2 Å². The molecule has 1 heterocycles. The van der Waals surface area contributed by atoms with Crippen molar-refractivity contribution >= 4 is 23.4 Å². The molecule has 1 aromatic heterocycles. The van der Waals surface area contributed by atoms with Crippen LogP contribution in [0.1, 0.15) is 6.42 Å². The van der Waals surface area contributed by atoms with Crippen molar-refractivity contribution in [3.63, 3.8) is 0 Å². The van der Waals surface area contributed by atoms with Crippen LogP contribution in [0.2, 0.25) is 5.02 Å². The number of halogens is 1. The van der Waals surface area contributed by atoms with Crippen molar-refractivity contribution < 1.29 is 5.11 Å². The van der Waals surface area contributed by atoms with Crippen LogP contribution >= 0.6 is 23.4 Å². The first-order valence-corrected chi connectivity index (χ1v) is 8.12. The van der Waals surface area contributed by atoms with E-state index in [1.165, 1.54) is 4.57 Å². The number of hydrogen-bond donors (Lipinski definition) is 2. The summed E-state index contributed by atoms with van der Waals surface area (Å²) in [6.45, 7) is 0.343. The Morgan fingerprint density at radius 1 is 1.38 bits per heavy atom. The predicted molar refractivity (Wildman–Crippen MR) is 86.4 cm³/mol. The van der Waals surface area contributed by atoms with Crippen LogP contribution < -0.4 is 11.2 Å². The summed E-state index contributed by atoms with van der Waals surface area (Å²) in [5, 5.41) is 10.7. The lowest BCUT2D eigenvalue weighted by Gasteiger charge is -2.11. The lowest BCUT2D eigenvalue weighted by atomic mass is 10.1. The number of aromatic hydroxyl groups is 1. The van der Waals surface area contributed by atoms with Crippen molar-refractivity contribution in [2.45, 2.75) is 13.0 Å². The minimum Gasteiger partial charge on any atom is -0.494 e. The van der Waals surface area contributed by atoms with Gasteiger partial charge in [0.2, 0.25) is 5.88 Å². The smallest absolute Gasteiger partial charge is 0.331 e. The Morgan fingerprint density at radius 3 is 2.81 bits per heavy atom. The maximum absolute atomic E-state index is 12.0. The second kappa shape index (κ2) is 6.87. The fraction of sp³-hybridized carbons (Fsp3) is 0.286. The number of aromatic nitrogens is 2. The van der Waals surface area contributed by atoms with Gasteiger partial charge in [-0.25, -0.2) is 4.79 Å². The monoisotopic (exact) mass is 326 g/mol. The summed E-state index contributed by atoms with van der Waals surface area (Å²) in [6, 6.07) is 6.58. The molecule has 2 rings (SSSR count). The molecule has 0 unspecified atom stereocenters. The highest BCUT2D eigenvalue weighted by Crippen LogP contribution is 2.26. The Morgan fingerprint density at radius 2 is 2.14 bits per heavy atom. The molecule has 0 amide bonds. The molecule has 0 radical (unpaired) electrons. The van der Waals surface area contributed by atoms with Crippen molar-refractivity contribution in [3.8, 4) is 17.0 Å². The highest BCUT2D eigenvalue weighted by Gasteiger charge is 2.15. The summed E-state index contributed by atoms with van der Waals surface area (Å²) in [6.07, 6.45) is 2.68. The Bertz CT molecular complexity index is 755. The van der Waals surface area contributed by atoms with Gasteiger partial charge in [0.15, 0.2) is 0 Å². The number of H-pyrrole nitrogens is 1. The van der Waals surface area contributed by atoms with Crippen LogP contribution in [0.3, 0.4) is 0 Å². The summed E-state index contributed by atoms with van der Waals surface area (Å²) >= 11 is 7.56. The van der Waals surface area contributed by atoms with Gasteiger partial charge in [-0.05, 0) is 36.1 Å². The predicted octanol–water partition coefficient (Wildman–Crippen LogP) is 2.32. The topological polar surface area (TPSA) is 75.1 Å². The third kappa shape index (κ3) is 3.51. The van der Waals surface area contributed by atoms with E-state index >= 15 is 0 Å². The molecule has 0 atom stereocenters. The van der Waals surface area contributed by atoms with Gasteiger partial charge in [0, 0.05) is 11.6 Å². The average Bonchev–Trinajstić information content (AvgIpc) is 2.42. The Balaban J connectivity index is 2.54. The maximum atomic E-state index is 12.0. The molecule has 5 nitrogen and oxygen atoms in total. The van der Waals surface area contributed by atoms with Crippen LogP contribution in [0.25, 0.3) is 11.1 Å². The fourth-order valence-corrected chi connectivity index (χ4v) is 2.65. The van der Waals surface area contributed by atoms with Gasteiger partial charge in [0.25, 0.3) is 5.56 Å². The van der Waals surface area contributed by atoms with Crippen LogP contribution in [-0.4, -0.2) is 26.7 Å². The average molecular weight is 327 g/mol. The summed E-state index contributed by atoms with van der Waals surface area (Å²) in [5.41, 5.74) is -0.702.